The van der Waals surface area contributed by atoms with E-state index in [1.54, 1.807) is 12.1 Å². The average molecular weight is 387 g/mol. The highest BCUT2D eigenvalue weighted by Gasteiger charge is 2.30. The maximum atomic E-state index is 13.2. The Bertz CT molecular complexity index is 921. The van der Waals surface area contributed by atoms with E-state index < -0.39 is 0 Å². The predicted octanol–water partition coefficient (Wildman–Crippen LogP) is 3.89. The van der Waals surface area contributed by atoms with Gasteiger partial charge in [0.1, 0.15) is 11.8 Å². The number of nitrogens with one attached hydrogen (secondary N) is 1. The van der Waals surface area contributed by atoms with Crippen LogP contribution in [-0.2, 0) is 4.79 Å². The summed E-state index contributed by atoms with van der Waals surface area (Å²) in [5.74, 6) is 0.259. The highest BCUT2D eigenvalue weighted by molar-refractivity contribution is 5.95. The van der Waals surface area contributed by atoms with Crippen LogP contribution in [0.2, 0.25) is 0 Å². The van der Waals surface area contributed by atoms with E-state index >= 15 is 0 Å². The first-order chi connectivity index (χ1) is 14.2. The summed E-state index contributed by atoms with van der Waals surface area (Å²) in [5.41, 5.74) is 2.90. The molecular formula is C24H25N3O2. The summed E-state index contributed by atoms with van der Waals surface area (Å²) in [6.07, 6.45) is 0. The van der Waals surface area contributed by atoms with Crippen LogP contribution in [0.3, 0.4) is 0 Å². The maximum Gasteiger partial charge on any atom is 0.246 e. The zero-order chi connectivity index (χ0) is 20.1. The molecule has 0 aromatic heterocycles. The summed E-state index contributed by atoms with van der Waals surface area (Å²) in [6.45, 7) is 3.21. The van der Waals surface area contributed by atoms with Crippen LogP contribution in [-0.4, -0.2) is 42.1 Å². The molecule has 5 nitrogen and oxygen atoms in total. The number of hydrogen-bond acceptors (Lipinski definition) is 4. The molecule has 1 aliphatic heterocycles. The minimum atomic E-state index is -0.335. The molecule has 29 heavy (non-hydrogen) atoms. The molecule has 1 heterocycles. The van der Waals surface area contributed by atoms with Gasteiger partial charge in [0.25, 0.3) is 0 Å². The van der Waals surface area contributed by atoms with Gasteiger partial charge in [-0.3, -0.25) is 9.69 Å². The summed E-state index contributed by atoms with van der Waals surface area (Å²) in [4.78, 5) is 17.7. The van der Waals surface area contributed by atoms with Crippen molar-refractivity contribution in [3.63, 3.8) is 0 Å². The molecule has 3 aromatic carbocycles. The zero-order valence-corrected chi connectivity index (χ0v) is 16.2. The van der Waals surface area contributed by atoms with Gasteiger partial charge in [-0.1, -0.05) is 48.5 Å². The molecule has 1 fully saturated rings. The van der Waals surface area contributed by atoms with Crippen molar-refractivity contribution in [3.05, 3.63) is 90.5 Å². The summed E-state index contributed by atoms with van der Waals surface area (Å²) in [5, 5.41) is 12.6. The van der Waals surface area contributed by atoms with Gasteiger partial charge >= 0.3 is 0 Å². The van der Waals surface area contributed by atoms with Crippen LogP contribution in [0.1, 0.15) is 11.6 Å². The molecule has 1 amide bonds. The number of carbonyl (C=O) groups is 1. The summed E-state index contributed by atoms with van der Waals surface area (Å²) in [6, 6.07) is 26.5. The third kappa shape index (κ3) is 4.58. The molecule has 0 radical (unpaired) electrons. The van der Waals surface area contributed by atoms with E-state index in [2.05, 4.69) is 15.1 Å². The molecule has 2 N–H and O–H groups in total. The number of phenolic OH excluding ortho intramolecular Hbond substituents is 1. The Morgan fingerprint density at radius 2 is 1.38 bits per heavy atom. The van der Waals surface area contributed by atoms with Crippen LogP contribution in [0.25, 0.3) is 0 Å². The van der Waals surface area contributed by atoms with E-state index in [4.69, 9.17) is 0 Å². The molecule has 4 rings (SSSR count). The number of aromatic hydroxyl groups is 1. The van der Waals surface area contributed by atoms with Crippen molar-refractivity contribution >= 4 is 17.3 Å². The van der Waals surface area contributed by atoms with E-state index in [0.29, 0.717) is 0 Å². The van der Waals surface area contributed by atoms with E-state index in [1.165, 1.54) is 0 Å². The lowest BCUT2D eigenvalue weighted by Crippen LogP contribution is -2.50. The van der Waals surface area contributed by atoms with Crippen LogP contribution in [0.5, 0.6) is 5.75 Å². The first-order valence-corrected chi connectivity index (χ1v) is 9.89. The molecule has 1 aliphatic rings. The molecule has 1 saturated heterocycles. The third-order valence-electron chi connectivity index (χ3n) is 5.30. The van der Waals surface area contributed by atoms with Crippen LogP contribution in [0.4, 0.5) is 11.4 Å². The van der Waals surface area contributed by atoms with Gasteiger partial charge in [-0.15, -0.1) is 0 Å². The molecule has 148 valence electrons. The highest BCUT2D eigenvalue weighted by atomic mass is 16.3. The Morgan fingerprint density at radius 3 is 2.00 bits per heavy atom. The van der Waals surface area contributed by atoms with Crippen LogP contribution in [0, 0.1) is 0 Å². The first kappa shape index (κ1) is 19.0. The van der Waals surface area contributed by atoms with Crippen molar-refractivity contribution in [1.82, 2.24) is 4.90 Å². The number of anilines is 2. The lowest BCUT2D eigenvalue weighted by atomic mass is 10.0. The van der Waals surface area contributed by atoms with E-state index in [0.717, 1.165) is 43.1 Å². The number of rotatable bonds is 5. The van der Waals surface area contributed by atoms with E-state index in [1.807, 2.05) is 72.8 Å². The molecule has 0 saturated carbocycles. The molecular weight excluding hydrogens is 362 g/mol. The fourth-order valence-electron chi connectivity index (χ4n) is 3.80. The van der Waals surface area contributed by atoms with Crippen molar-refractivity contribution in [2.24, 2.45) is 0 Å². The van der Waals surface area contributed by atoms with Gasteiger partial charge in [0.2, 0.25) is 5.91 Å². The SMILES string of the molecule is O=C(Nc1ccccc1)[C@H](c1ccccc1)N1CCN(c2ccc(O)cc2)CC1. The van der Waals surface area contributed by atoms with Crippen molar-refractivity contribution in [2.45, 2.75) is 6.04 Å². The van der Waals surface area contributed by atoms with Gasteiger partial charge in [0, 0.05) is 37.6 Å². The highest BCUT2D eigenvalue weighted by Crippen LogP contribution is 2.26. The molecule has 0 aliphatic carbocycles. The fraction of sp³-hybridized carbons (Fsp3) is 0.208. The Balaban J connectivity index is 1.50. The molecule has 1 atom stereocenters. The Hall–Kier alpha value is -3.31. The number of hydrogen-bond donors (Lipinski definition) is 2. The van der Waals surface area contributed by atoms with Crippen molar-refractivity contribution in [1.29, 1.82) is 0 Å². The lowest BCUT2D eigenvalue weighted by molar-refractivity contribution is -0.121. The Labute approximate surface area is 171 Å². The minimum Gasteiger partial charge on any atom is -0.508 e. The van der Waals surface area contributed by atoms with Gasteiger partial charge in [-0.05, 0) is 42.0 Å². The van der Waals surface area contributed by atoms with Gasteiger partial charge in [0.15, 0.2) is 0 Å². The molecule has 5 heteroatoms. The van der Waals surface area contributed by atoms with Crippen molar-refractivity contribution in [2.75, 3.05) is 36.4 Å². The number of para-hydroxylation sites is 1. The second-order valence-electron chi connectivity index (χ2n) is 7.21. The second-order valence-corrected chi connectivity index (χ2v) is 7.21. The van der Waals surface area contributed by atoms with Crippen LogP contribution >= 0.6 is 0 Å². The predicted molar refractivity (Wildman–Crippen MR) is 116 cm³/mol. The summed E-state index contributed by atoms with van der Waals surface area (Å²) >= 11 is 0. The maximum absolute atomic E-state index is 13.2. The van der Waals surface area contributed by atoms with Crippen molar-refractivity contribution in [3.8, 4) is 5.75 Å². The van der Waals surface area contributed by atoms with Gasteiger partial charge in [0.05, 0.1) is 0 Å². The van der Waals surface area contributed by atoms with Gasteiger partial charge < -0.3 is 15.3 Å². The Kier molecular flexibility index (Phi) is 5.77. The van der Waals surface area contributed by atoms with Gasteiger partial charge in [-0.25, -0.2) is 0 Å². The quantitative estimate of drug-likeness (QED) is 0.697. The van der Waals surface area contributed by atoms with Crippen LogP contribution < -0.4 is 10.2 Å². The number of nitrogens with zero attached hydrogens (tertiary/aromatic N) is 2. The largest absolute Gasteiger partial charge is 0.508 e. The zero-order valence-electron chi connectivity index (χ0n) is 16.2. The first-order valence-electron chi connectivity index (χ1n) is 9.89. The topological polar surface area (TPSA) is 55.8 Å². The lowest BCUT2D eigenvalue weighted by Gasteiger charge is -2.39. The number of carbonyl (C=O) groups excluding carboxylic acids is 1. The van der Waals surface area contributed by atoms with Gasteiger partial charge in [-0.2, -0.15) is 0 Å². The summed E-state index contributed by atoms with van der Waals surface area (Å²) in [7, 11) is 0. The minimum absolute atomic E-state index is 0.0134. The standard InChI is InChI=1S/C24H25N3O2/c28-22-13-11-21(12-14-22)26-15-17-27(18-16-26)23(19-7-3-1-4-8-19)24(29)25-20-9-5-2-6-10-20/h1-14,23,28H,15-18H2,(H,25,29)/t23-/m0/s1. The third-order valence-corrected chi connectivity index (χ3v) is 5.30. The molecule has 0 unspecified atom stereocenters. The summed E-state index contributed by atoms with van der Waals surface area (Å²) < 4.78 is 0. The number of benzene rings is 3. The smallest absolute Gasteiger partial charge is 0.246 e. The van der Waals surface area contributed by atoms with E-state index in [-0.39, 0.29) is 17.7 Å². The fourth-order valence-corrected chi connectivity index (χ4v) is 3.80. The average Bonchev–Trinajstić information content (AvgIpc) is 2.76. The van der Waals surface area contributed by atoms with E-state index in [9.17, 15) is 9.90 Å². The second kappa shape index (κ2) is 8.80. The number of amides is 1. The molecule has 0 spiro atoms. The Morgan fingerprint density at radius 1 is 0.793 bits per heavy atom. The normalized spacial score (nSPS) is 15.7. The van der Waals surface area contributed by atoms with Crippen molar-refractivity contribution < 1.29 is 9.90 Å². The number of phenols is 1. The number of piperazine rings is 1. The molecule has 0 bridgehead atoms. The monoisotopic (exact) mass is 387 g/mol. The molecule has 3 aromatic rings. The van der Waals surface area contributed by atoms with Crippen LogP contribution in [0.15, 0.2) is 84.9 Å².